The van der Waals surface area contributed by atoms with E-state index in [4.69, 9.17) is 4.42 Å². The fraction of sp³-hybridized carbons (Fsp3) is 0.0500. The Balaban J connectivity index is 1.97. The second-order valence-electron chi connectivity index (χ2n) is 5.03. The molecule has 3 aromatic rings. The third-order valence-electron chi connectivity index (χ3n) is 3.46. The summed E-state index contributed by atoms with van der Waals surface area (Å²) in [5.41, 5.74) is 4.24. The van der Waals surface area contributed by atoms with Gasteiger partial charge in [-0.1, -0.05) is 66.7 Å². The average Bonchev–Trinajstić information content (AvgIpc) is 2.91. The molecule has 0 amide bonds. The number of hydrogen-bond acceptors (Lipinski definition) is 1. The monoisotopic (exact) mass is 273 g/mol. The normalized spacial score (nSPS) is 11.6. The maximum Gasteiger partial charge on any atom is 0.134 e. The zero-order chi connectivity index (χ0) is 14.7. The quantitative estimate of drug-likeness (QED) is 0.602. The van der Waals surface area contributed by atoms with Crippen LogP contribution in [0.5, 0.6) is 0 Å². The Bertz CT molecular complexity index is 749. The van der Waals surface area contributed by atoms with Crippen LogP contribution < -0.4 is 0 Å². The molecular formula is C20H17O. The maximum absolute atomic E-state index is 5.88. The van der Waals surface area contributed by atoms with E-state index in [1.54, 1.807) is 0 Å². The van der Waals surface area contributed by atoms with Crippen LogP contribution in [-0.4, -0.2) is 0 Å². The van der Waals surface area contributed by atoms with Gasteiger partial charge in [0.2, 0.25) is 0 Å². The molecule has 0 saturated carbocycles. The molecule has 0 spiro atoms. The van der Waals surface area contributed by atoms with Crippen molar-refractivity contribution in [3.63, 3.8) is 0 Å². The topological polar surface area (TPSA) is 13.1 Å². The van der Waals surface area contributed by atoms with Crippen molar-refractivity contribution in [2.75, 3.05) is 0 Å². The average molecular weight is 273 g/mol. The molecule has 21 heavy (non-hydrogen) atoms. The molecule has 1 aromatic heterocycles. The van der Waals surface area contributed by atoms with E-state index in [-0.39, 0.29) is 0 Å². The summed E-state index contributed by atoms with van der Waals surface area (Å²) in [5.74, 6) is 1.77. The molecule has 1 nitrogen and oxygen atoms in total. The van der Waals surface area contributed by atoms with Gasteiger partial charge in [0.25, 0.3) is 0 Å². The number of aryl methyl sites for hydroxylation is 1. The Morgan fingerprint density at radius 3 is 2.24 bits per heavy atom. The summed E-state index contributed by atoms with van der Waals surface area (Å²) in [6, 6.07) is 22.4. The lowest BCUT2D eigenvalue weighted by Crippen LogP contribution is -1.80. The van der Waals surface area contributed by atoms with Crippen LogP contribution in [0.4, 0.5) is 0 Å². The van der Waals surface area contributed by atoms with Gasteiger partial charge in [0.05, 0.1) is 0 Å². The molecule has 103 valence electrons. The predicted octanol–water partition coefficient (Wildman–Crippen LogP) is 5.63. The molecule has 1 heterocycles. The fourth-order valence-electron chi connectivity index (χ4n) is 2.37. The highest BCUT2D eigenvalue weighted by molar-refractivity contribution is 5.85. The summed E-state index contributed by atoms with van der Waals surface area (Å²) in [4.78, 5) is 0. The summed E-state index contributed by atoms with van der Waals surface area (Å²) < 4.78 is 5.88. The zero-order valence-corrected chi connectivity index (χ0v) is 12.0. The second kappa shape index (κ2) is 5.84. The van der Waals surface area contributed by atoms with Crippen molar-refractivity contribution in [1.29, 1.82) is 0 Å². The molecule has 0 aliphatic rings. The standard InChI is InChI=1S/C20H17O/c1-15(13-17-9-5-3-6-10-17)19-14-20(21-16(19)2)18-11-7-4-8-12-18/h3-14H,1H2,2H3/b15-13-. The van der Waals surface area contributed by atoms with E-state index in [1.165, 1.54) is 0 Å². The summed E-state index contributed by atoms with van der Waals surface area (Å²) in [7, 11) is 0. The van der Waals surface area contributed by atoms with Gasteiger partial charge in [-0.05, 0) is 31.1 Å². The van der Waals surface area contributed by atoms with Gasteiger partial charge in [-0.2, -0.15) is 0 Å². The van der Waals surface area contributed by atoms with Gasteiger partial charge in [-0.15, -0.1) is 0 Å². The van der Waals surface area contributed by atoms with E-state index in [0.717, 1.165) is 33.8 Å². The molecule has 0 N–H and O–H groups in total. The summed E-state index contributed by atoms with van der Waals surface area (Å²) in [6.07, 6.45) is 2.08. The first-order valence-corrected chi connectivity index (χ1v) is 6.99. The third kappa shape index (κ3) is 2.97. The Morgan fingerprint density at radius 2 is 1.57 bits per heavy atom. The Hall–Kier alpha value is -2.54. The van der Waals surface area contributed by atoms with Crippen LogP contribution >= 0.6 is 0 Å². The molecule has 0 aliphatic heterocycles. The van der Waals surface area contributed by atoms with Crippen LogP contribution in [0.2, 0.25) is 0 Å². The van der Waals surface area contributed by atoms with Gasteiger partial charge in [0.1, 0.15) is 11.5 Å². The fourth-order valence-corrected chi connectivity index (χ4v) is 2.37. The van der Waals surface area contributed by atoms with E-state index in [1.807, 2.05) is 55.5 Å². The Kier molecular flexibility index (Phi) is 3.74. The minimum atomic E-state index is 0.880. The van der Waals surface area contributed by atoms with Gasteiger partial charge in [-0.25, -0.2) is 0 Å². The van der Waals surface area contributed by atoms with Crippen molar-refractivity contribution in [1.82, 2.24) is 0 Å². The lowest BCUT2D eigenvalue weighted by molar-refractivity contribution is 0.547. The van der Waals surface area contributed by atoms with Crippen LogP contribution in [0.25, 0.3) is 23.0 Å². The zero-order valence-electron chi connectivity index (χ0n) is 12.0. The van der Waals surface area contributed by atoms with Crippen LogP contribution in [0.3, 0.4) is 0 Å². The minimum Gasteiger partial charge on any atom is -0.461 e. The first kappa shape index (κ1) is 13.4. The minimum absolute atomic E-state index is 0.880. The van der Waals surface area contributed by atoms with Crippen LogP contribution in [0.15, 0.2) is 71.1 Å². The van der Waals surface area contributed by atoms with Crippen molar-refractivity contribution in [3.05, 3.63) is 90.5 Å². The molecule has 1 radical (unpaired) electrons. The van der Waals surface area contributed by atoms with Gasteiger partial charge in [0, 0.05) is 11.1 Å². The van der Waals surface area contributed by atoms with Gasteiger partial charge in [-0.3, -0.25) is 0 Å². The van der Waals surface area contributed by atoms with Crippen molar-refractivity contribution in [2.24, 2.45) is 0 Å². The van der Waals surface area contributed by atoms with Crippen molar-refractivity contribution in [3.8, 4) is 11.3 Å². The molecule has 0 fully saturated rings. The van der Waals surface area contributed by atoms with E-state index in [9.17, 15) is 0 Å². The molecular weight excluding hydrogens is 256 g/mol. The third-order valence-corrected chi connectivity index (χ3v) is 3.46. The van der Waals surface area contributed by atoms with Crippen LogP contribution in [0.1, 0.15) is 16.9 Å². The SMILES string of the molecule is [CH2]/C(=C/c1ccccc1)c1cc(-c2ccccc2)oc1C. The van der Waals surface area contributed by atoms with Gasteiger partial charge in [0.15, 0.2) is 0 Å². The number of hydrogen-bond donors (Lipinski definition) is 0. The summed E-state index contributed by atoms with van der Waals surface area (Å²) in [6.45, 7) is 6.15. The first-order valence-electron chi connectivity index (χ1n) is 6.99. The summed E-state index contributed by atoms with van der Waals surface area (Å²) in [5, 5.41) is 0. The largest absolute Gasteiger partial charge is 0.461 e. The second-order valence-corrected chi connectivity index (χ2v) is 5.03. The smallest absolute Gasteiger partial charge is 0.134 e. The van der Waals surface area contributed by atoms with E-state index in [2.05, 4.69) is 31.2 Å². The highest BCUT2D eigenvalue weighted by Gasteiger charge is 2.10. The van der Waals surface area contributed by atoms with Crippen molar-refractivity contribution < 1.29 is 4.42 Å². The highest BCUT2D eigenvalue weighted by atomic mass is 16.3. The maximum atomic E-state index is 5.88. The Labute approximate surface area is 125 Å². The lowest BCUT2D eigenvalue weighted by Gasteiger charge is -1.99. The molecule has 2 aromatic carbocycles. The summed E-state index contributed by atoms with van der Waals surface area (Å²) >= 11 is 0. The molecule has 3 rings (SSSR count). The number of rotatable bonds is 3. The first-order chi connectivity index (χ1) is 10.2. The van der Waals surface area contributed by atoms with Gasteiger partial charge >= 0.3 is 0 Å². The van der Waals surface area contributed by atoms with E-state index < -0.39 is 0 Å². The van der Waals surface area contributed by atoms with Crippen LogP contribution in [0, 0.1) is 13.8 Å². The number of furan rings is 1. The molecule has 0 saturated heterocycles. The predicted molar refractivity (Wildman–Crippen MR) is 88.6 cm³/mol. The molecule has 0 unspecified atom stereocenters. The Morgan fingerprint density at radius 1 is 0.952 bits per heavy atom. The molecule has 0 bridgehead atoms. The number of allylic oxidation sites excluding steroid dienone is 1. The number of benzene rings is 2. The van der Waals surface area contributed by atoms with E-state index in [0.29, 0.717) is 0 Å². The molecule has 0 atom stereocenters. The van der Waals surface area contributed by atoms with Crippen LogP contribution in [-0.2, 0) is 0 Å². The van der Waals surface area contributed by atoms with E-state index >= 15 is 0 Å². The van der Waals surface area contributed by atoms with Crippen molar-refractivity contribution >= 4 is 11.6 Å². The van der Waals surface area contributed by atoms with Gasteiger partial charge < -0.3 is 4.42 Å². The molecule has 0 aliphatic carbocycles. The highest BCUT2D eigenvalue weighted by Crippen LogP contribution is 2.30. The lowest BCUT2D eigenvalue weighted by atomic mass is 10.0. The van der Waals surface area contributed by atoms with Crippen molar-refractivity contribution in [2.45, 2.75) is 6.92 Å². The molecule has 1 heteroatoms.